The predicted molar refractivity (Wildman–Crippen MR) is 121 cm³/mol. The third kappa shape index (κ3) is 4.35. The summed E-state index contributed by atoms with van der Waals surface area (Å²) in [5, 5.41) is 0. The lowest BCUT2D eigenvalue weighted by Crippen LogP contribution is -2.15. The topological polar surface area (TPSA) is 68.3 Å². The largest absolute Gasteiger partial charge is 0.289 e. The molecule has 4 heteroatoms. The van der Waals surface area contributed by atoms with Gasteiger partial charge in [0.05, 0.1) is 0 Å². The van der Waals surface area contributed by atoms with Gasteiger partial charge in [-0.3, -0.25) is 19.2 Å². The van der Waals surface area contributed by atoms with Crippen LogP contribution in [0.2, 0.25) is 0 Å². The SMILES string of the molecule is O=C(C(=O)c1ccc(C(=O)c2ccccc2)cc1)c1ccc(C(=O)c2ccccc2)cc1. The van der Waals surface area contributed by atoms with Crippen LogP contribution in [0.1, 0.15) is 52.6 Å². The zero-order valence-electron chi connectivity index (χ0n) is 17.0. The smallest absolute Gasteiger partial charge is 0.233 e. The first kappa shape index (κ1) is 20.8. The summed E-state index contributed by atoms with van der Waals surface area (Å²) in [5.74, 6) is -1.67. The summed E-state index contributed by atoms with van der Waals surface area (Å²) in [6.45, 7) is 0. The van der Waals surface area contributed by atoms with Crippen LogP contribution < -0.4 is 0 Å². The summed E-state index contributed by atoms with van der Waals surface area (Å²) in [6, 6.07) is 29.7. The van der Waals surface area contributed by atoms with E-state index in [1.807, 2.05) is 12.1 Å². The highest BCUT2D eigenvalue weighted by Crippen LogP contribution is 2.15. The third-order valence-electron chi connectivity index (χ3n) is 5.10. The molecule has 32 heavy (non-hydrogen) atoms. The Balaban J connectivity index is 1.48. The maximum Gasteiger partial charge on any atom is 0.233 e. The first-order valence-corrected chi connectivity index (χ1v) is 10.0. The fourth-order valence-corrected chi connectivity index (χ4v) is 3.32. The van der Waals surface area contributed by atoms with Crippen LogP contribution >= 0.6 is 0 Å². The van der Waals surface area contributed by atoms with E-state index in [-0.39, 0.29) is 22.7 Å². The van der Waals surface area contributed by atoms with E-state index >= 15 is 0 Å². The maximum atomic E-state index is 12.6. The van der Waals surface area contributed by atoms with Crippen LogP contribution in [0.4, 0.5) is 0 Å². The molecule has 4 aromatic rings. The molecule has 0 atom stereocenters. The highest BCUT2D eigenvalue weighted by molar-refractivity contribution is 6.49. The van der Waals surface area contributed by atoms with E-state index in [1.54, 1.807) is 48.5 Å². The van der Waals surface area contributed by atoms with Crippen LogP contribution in [-0.4, -0.2) is 23.1 Å². The zero-order chi connectivity index (χ0) is 22.5. The lowest BCUT2D eigenvalue weighted by atomic mass is 9.96. The number of carbonyl (C=O) groups is 4. The summed E-state index contributed by atoms with van der Waals surface area (Å²) in [4.78, 5) is 50.3. The second-order valence-corrected chi connectivity index (χ2v) is 7.20. The molecule has 0 amide bonds. The number of Topliss-reactive ketones (excluding diaryl/α,β-unsaturated/α-hetero) is 2. The quantitative estimate of drug-likeness (QED) is 0.305. The first-order chi connectivity index (χ1) is 15.5. The monoisotopic (exact) mass is 418 g/mol. The fraction of sp³-hybridized carbons (Fsp3) is 0. The maximum absolute atomic E-state index is 12.6. The number of ketones is 4. The Morgan fingerprint density at radius 3 is 0.875 bits per heavy atom. The van der Waals surface area contributed by atoms with Gasteiger partial charge in [-0.05, 0) is 0 Å². The molecule has 0 unspecified atom stereocenters. The second-order valence-electron chi connectivity index (χ2n) is 7.20. The summed E-state index contributed by atoms with van der Waals surface area (Å²) < 4.78 is 0. The number of hydrogen-bond acceptors (Lipinski definition) is 4. The molecule has 0 aliphatic rings. The van der Waals surface area contributed by atoms with Gasteiger partial charge in [0.15, 0.2) is 11.6 Å². The van der Waals surface area contributed by atoms with Gasteiger partial charge in [0.2, 0.25) is 11.6 Å². The van der Waals surface area contributed by atoms with Crippen LogP contribution in [0.3, 0.4) is 0 Å². The Morgan fingerprint density at radius 2 is 0.562 bits per heavy atom. The summed E-state index contributed by atoms with van der Waals surface area (Å²) in [5.41, 5.74) is 2.36. The molecule has 4 aromatic carbocycles. The minimum absolute atomic E-state index is 0.158. The molecule has 0 fully saturated rings. The molecule has 0 bridgehead atoms. The molecule has 0 heterocycles. The van der Waals surface area contributed by atoms with Gasteiger partial charge < -0.3 is 0 Å². The minimum atomic E-state index is -0.675. The average Bonchev–Trinajstić information content (AvgIpc) is 2.88. The van der Waals surface area contributed by atoms with Crippen molar-refractivity contribution in [3.63, 3.8) is 0 Å². The van der Waals surface area contributed by atoms with Gasteiger partial charge in [-0.1, -0.05) is 109 Å². The number of carbonyl (C=O) groups excluding carboxylic acids is 4. The number of rotatable bonds is 7. The summed E-state index contributed by atoms with van der Waals surface area (Å²) in [6.07, 6.45) is 0. The van der Waals surface area contributed by atoms with Crippen LogP contribution in [0.15, 0.2) is 109 Å². The Bertz CT molecular complexity index is 1180. The van der Waals surface area contributed by atoms with E-state index in [0.717, 1.165) is 0 Å². The average molecular weight is 418 g/mol. The molecular weight excluding hydrogens is 400 g/mol. The molecule has 0 aliphatic carbocycles. The fourth-order valence-electron chi connectivity index (χ4n) is 3.32. The Kier molecular flexibility index (Phi) is 5.95. The lowest BCUT2D eigenvalue weighted by molar-refractivity contribution is 0.0817. The molecule has 0 saturated carbocycles. The Morgan fingerprint density at radius 1 is 0.312 bits per heavy atom. The number of benzene rings is 4. The molecule has 0 aliphatic heterocycles. The van der Waals surface area contributed by atoms with Gasteiger partial charge in [-0.25, -0.2) is 0 Å². The Labute approximate surface area is 185 Å². The first-order valence-electron chi connectivity index (χ1n) is 10.0. The van der Waals surface area contributed by atoms with Gasteiger partial charge in [0.1, 0.15) is 0 Å². The predicted octanol–water partition coefficient (Wildman–Crippen LogP) is 5.21. The number of hydrogen-bond donors (Lipinski definition) is 0. The van der Waals surface area contributed by atoms with Crippen molar-refractivity contribution in [1.29, 1.82) is 0 Å². The van der Waals surface area contributed by atoms with Crippen molar-refractivity contribution < 1.29 is 19.2 Å². The van der Waals surface area contributed by atoms with Crippen molar-refractivity contribution >= 4 is 23.1 Å². The Hall–Kier alpha value is -4.44. The molecule has 0 radical (unpaired) electrons. The molecular formula is C28H18O4. The molecule has 0 N–H and O–H groups in total. The highest BCUT2D eigenvalue weighted by Gasteiger charge is 2.19. The lowest BCUT2D eigenvalue weighted by Gasteiger charge is -2.05. The molecule has 4 rings (SSSR count). The van der Waals surface area contributed by atoms with E-state index < -0.39 is 11.6 Å². The minimum Gasteiger partial charge on any atom is -0.289 e. The van der Waals surface area contributed by atoms with Crippen LogP contribution in [0, 0.1) is 0 Å². The molecule has 0 spiro atoms. The van der Waals surface area contributed by atoms with Crippen LogP contribution in [-0.2, 0) is 0 Å². The molecule has 0 saturated heterocycles. The highest BCUT2D eigenvalue weighted by atomic mass is 16.2. The van der Waals surface area contributed by atoms with Crippen molar-refractivity contribution in [3.8, 4) is 0 Å². The van der Waals surface area contributed by atoms with E-state index in [0.29, 0.717) is 22.3 Å². The van der Waals surface area contributed by atoms with E-state index in [2.05, 4.69) is 0 Å². The summed E-state index contributed by atoms with van der Waals surface area (Å²) >= 11 is 0. The van der Waals surface area contributed by atoms with Gasteiger partial charge in [-0.2, -0.15) is 0 Å². The van der Waals surface area contributed by atoms with E-state index in [9.17, 15) is 19.2 Å². The van der Waals surface area contributed by atoms with Crippen molar-refractivity contribution in [1.82, 2.24) is 0 Å². The van der Waals surface area contributed by atoms with Crippen molar-refractivity contribution in [2.75, 3.05) is 0 Å². The van der Waals surface area contributed by atoms with E-state index in [1.165, 1.54) is 48.5 Å². The third-order valence-corrected chi connectivity index (χ3v) is 5.10. The molecule has 154 valence electrons. The van der Waals surface area contributed by atoms with E-state index in [4.69, 9.17) is 0 Å². The zero-order valence-corrected chi connectivity index (χ0v) is 17.0. The van der Waals surface area contributed by atoms with Gasteiger partial charge in [0, 0.05) is 33.4 Å². The molecule has 0 aromatic heterocycles. The van der Waals surface area contributed by atoms with Gasteiger partial charge in [0.25, 0.3) is 0 Å². The normalized spacial score (nSPS) is 10.4. The standard InChI is InChI=1S/C28H18O4/c29-25(19-7-3-1-4-8-19)21-11-15-23(16-12-21)27(31)28(32)24-17-13-22(14-18-24)26(30)20-9-5-2-6-10-20/h1-18H. The van der Waals surface area contributed by atoms with Gasteiger partial charge in [-0.15, -0.1) is 0 Å². The summed E-state index contributed by atoms with van der Waals surface area (Å²) in [7, 11) is 0. The molecule has 4 nitrogen and oxygen atoms in total. The second kappa shape index (κ2) is 9.14. The van der Waals surface area contributed by atoms with Crippen molar-refractivity contribution in [2.45, 2.75) is 0 Å². The van der Waals surface area contributed by atoms with Crippen molar-refractivity contribution in [3.05, 3.63) is 143 Å². The van der Waals surface area contributed by atoms with Crippen molar-refractivity contribution in [2.24, 2.45) is 0 Å². The van der Waals surface area contributed by atoms with Crippen LogP contribution in [0.5, 0.6) is 0 Å². The van der Waals surface area contributed by atoms with Gasteiger partial charge >= 0.3 is 0 Å². The van der Waals surface area contributed by atoms with Crippen LogP contribution in [0.25, 0.3) is 0 Å².